The number of rotatable bonds is 4. The van der Waals surface area contributed by atoms with Crippen molar-refractivity contribution in [3.63, 3.8) is 0 Å². The quantitative estimate of drug-likeness (QED) is 0.837. The normalized spacial score (nSPS) is 13.4. The molecule has 1 aromatic carbocycles. The molecule has 0 spiro atoms. The highest BCUT2D eigenvalue weighted by Crippen LogP contribution is 2.28. The summed E-state index contributed by atoms with van der Waals surface area (Å²) in [6.07, 6.45) is 1.85. The Balaban J connectivity index is 3.06. The van der Waals surface area contributed by atoms with Crippen LogP contribution in [0.1, 0.15) is 17.3 Å². The van der Waals surface area contributed by atoms with Crippen molar-refractivity contribution in [3.05, 3.63) is 27.7 Å². The van der Waals surface area contributed by atoms with Crippen LogP contribution in [0, 0.1) is 11.3 Å². The summed E-state index contributed by atoms with van der Waals surface area (Å²) >= 11 is 13.2. The van der Waals surface area contributed by atoms with Crippen LogP contribution in [0.4, 0.5) is 5.69 Å². The summed E-state index contributed by atoms with van der Waals surface area (Å²) in [7, 11) is 0. The number of hydrogen-bond donors (Lipinski definition) is 2. The van der Waals surface area contributed by atoms with Crippen LogP contribution < -0.4 is 11.1 Å². The second-order valence-electron chi connectivity index (χ2n) is 4.18. The summed E-state index contributed by atoms with van der Waals surface area (Å²) in [5.74, 6) is -0.0105. The standard InChI is InChI=1S/C12H13Cl2N3OS/c1-12(5-15,6-19-2)17-11(18)8-3-7(13)4-9(14)10(8)16/h3-4H,6,16H2,1-2H3,(H,17,18). The molecule has 19 heavy (non-hydrogen) atoms. The summed E-state index contributed by atoms with van der Waals surface area (Å²) < 4.78 is 0. The van der Waals surface area contributed by atoms with Crippen molar-refractivity contribution in [3.8, 4) is 6.07 Å². The molecular formula is C12H13Cl2N3OS. The molecule has 4 nitrogen and oxygen atoms in total. The smallest absolute Gasteiger partial charge is 0.254 e. The number of halogens is 2. The van der Waals surface area contributed by atoms with Gasteiger partial charge in [-0.1, -0.05) is 23.2 Å². The van der Waals surface area contributed by atoms with Crippen molar-refractivity contribution in [2.75, 3.05) is 17.7 Å². The van der Waals surface area contributed by atoms with Gasteiger partial charge in [0.2, 0.25) is 0 Å². The second-order valence-corrected chi connectivity index (χ2v) is 5.89. The van der Waals surface area contributed by atoms with Gasteiger partial charge in [0, 0.05) is 10.8 Å². The molecule has 0 fully saturated rings. The lowest BCUT2D eigenvalue weighted by molar-refractivity contribution is 0.0931. The third kappa shape index (κ3) is 3.93. The average molecular weight is 318 g/mol. The molecule has 102 valence electrons. The van der Waals surface area contributed by atoms with Gasteiger partial charge >= 0.3 is 0 Å². The van der Waals surface area contributed by atoms with E-state index in [9.17, 15) is 4.79 Å². The monoisotopic (exact) mass is 317 g/mol. The number of amides is 1. The molecule has 1 amide bonds. The number of thioether (sulfide) groups is 1. The minimum Gasteiger partial charge on any atom is -0.397 e. The van der Waals surface area contributed by atoms with Gasteiger partial charge < -0.3 is 11.1 Å². The van der Waals surface area contributed by atoms with E-state index in [1.165, 1.54) is 23.9 Å². The molecule has 1 aromatic rings. The SMILES string of the molecule is CSCC(C)(C#N)NC(=O)c1cc(Cl)cc(Cl)c1N. The lowest BCUT2D eigenvalue weighted by Gasteiger charge is -2.22. The molecule has 0 aromatic heterocycles. The Labute approximate surface area is 126 Å². The molecule has 0 heterocycles. The maximum absolute atomic E-state index is 12.2. The largest absolute Gasteiger partial charge is 0.397 e. The third-order valence-electron chi connectivity index (χ3n) is 2.41. The van der Waals surface area contributed by atoms with Crippen LogP contribution in [0.25, 0.3) is 0 Å². The first-order valence-electron chi connectivity index (χ1n) is 5.30. The molecule has 1 unspecified atom stereocenters. The topological polar surface area (TPSA) is 78.9 Å². The highest BCUT2D eigenvalue weighted by Gasteiger charge is 2.27. The fourth-order valence-electron chi connectivity index (χ4n) is 1.48. The highest BCUT2D eigenvalue weighted by atomic mass is 35.5. The van der Waals surface area contributed by atoms with E-state index < -0.39 is 11.4 Å². The Bertz CT molecular complexity index is 545. The van der Waals surface area contributed by atoms with E-state index in [1.54, 1.807) is 6.92 Å². The van der Waals surface area contributed by atoms with Crippen molar-refractivity contribution in [1.82, 2.24) is 5.32 Å². The Morgan fingerprint density at radius 1 is 1.58 bits per heavy atom. The van der Waals surface area contributed by atoms with Crippen molar-refractivity contribution in [2.45, 2.75) is 12.5 Å². The van der Waals surface area contributed by atoms with E-state index in [-0.39, 0.29) is 16.3 Å². The predicted molar refractivity (Wildman–Crippen MR) is 80.7 cm³/mol. The molecule has 0 bridgehead atoms. The molecular weight excluding hydrogens is 305 g/mol. The highest BCUT2D eigenvalue weighted by molar-refractivity contribution is 7.98. The number of hydrogen-bond acceptors (Lipinski definition) is 4. The molecule has 0 aliphatic carbocycles. The lowest BCUT2D eigenvalue weighted by Crippen LogP contribution is -2.47. The van der Waals surface area contributed by atoms with Crippen molar-refractivity contribution in [1.29, 1.82) is 5.26 Å². The summed E-state index contributed by atoms with van der Waals surface area (Å²) in [4.78, 5) is 12.2. The fraction of sp³-hybridized carbons (Fsp3) is 0.333. The molecule has 0 saturated carbocycles. The first kappa shape index (κ1) is 16.0. The number of benzene rings is 1. The lowest BCUT2D eigenvalue weighted by atomic mass is 10.1. The van der Waals surface area contributed by atoms with Gasteiger partial charge in [0.05, 0.1) is 22.3 Å². The number of anilines is 1. The fourth-order valence-corrected chi connectivity index (χ4v) is 2.68. The first-order chi connectivity index (χ1) is 8.83. The van der Waals surface area contributed by atoms with Gasteiger partial charge in [-0.15, -0.1) is 0 Å². The van der Waals surface area contributed by atoms with Crippen LogP contribution in [0.15, 0.2) is 12.1 Å². The first-order valence-corrected chi connectivity index (χ1v) is 7.45. The number of nitrogen functional groups attached to an aromatic ring is 1. The summed E-state index contributed by atoms with van der Waals surface area (Å²) in [6.45, 7) is 1.64. The number of carbonyl (C=O) groups excluding carboxylic acids is 1. The van der Waals surface area contributed by atoms with E-state index in [0.29, 0.717) is 10.8 Å². The molecule has 0 aliphatic rings. The minimum absolute atomic E-state index is 0.146. The zero-order chi connectivity index (χ0) is 14.6. The Kier molecular flexibility index (Phi) is 5.36. The number of nitrogens with two attached hydrogens (primary N) is 1. The zero-order valence-electron chi connectivity index (χ0n) is 10.5. The van der Waals surface area contributed by atoms with Crippen LogP contribution in [0.5, 0.6) is 0 Å². The van der Waals surface area contributed by atoms with Crippen LogP contribution >= 0.6 is 35.0 Å². The Morgan fingerprint density at radius 2 is 2.21 bits per heavy atom. The molecule has 1 atom stereocenters. The predicted octanol–water partition coefficient (Wildman–Crippen LogP) is 2.95. The van der Waals surface area contributed by atoms with Crippen molar-refractivity contribution in [2.24, 2.45) is 0 Å². The van der Waals surface area contributed by atoms with E-state index >= 15 is 0 Å². The summed E-state index contributed by atoms with van der Waals surface area (Å²) in [5.41, 5.74) is 5.09. The number of nitriles is 1. The average Bonchev–Trinajstić information content (AvgIpc) is 2.33. The summed E-state index contributed by atoms with van der Waals surface area (Å²) in [5, 5.41) is 12.3. The summed E-state index contributed by atoms with van der Waals surface area (Å²) in [6, 6.07) is 4.95. The van der Waals surface area contributed by atoms with Crippen LogP contribution in [0.3, 0.4) is 0 Å². The van der Waals surface area contributed by atoms with Crippen LogP contribution in [0.2, 0.25) is 10.0 Å². The van der Waals surface area contributed by atoms with E-state index in [1.807, 2.05) is 6.26 Å². The maximum atomic E-state index is 12.2. The molecule has 0 radical (unpaired) electrons. The molecule has 3 N–H and O–H groups in total. The van der Waals surface area contributed by atoms with Crippen LogP contribution in [-0.4, -0.2) is 23.5 Å². The Morgan fingerprint density at radius 3 is 2.74 bits per heavy atom. The van der Waals surface area contributed by atoms with Gasteiger partial charge in [-0.3, -0.25) is 4.79 Å². The number of carbonyl (C=O) groups is 1. The van der Waals surface area contributed by atoms with Crippen LogP contribution in [-0.2, 0) is 0 Å². The Hall–Kier alpha value is -1.09. The second kappa shape index (κ2) is 6.38. The van der Waals surface area contributed by atoms with Gasteiger partial charge in [-0.05, 0) is 25.3 Å². The van der Waals surface area contributed by atoms with Gasteiger partial charge in [0.1, 0.15) is 5.54 Å². The van der Waals surface area contributed by atoms with Crippen molar-refractivity contribution < 1.29 is 4.79 Å². The van der Waals surface area contributed by atoms with E-state index in [2.05, 4.69) is 11.4 Å². The van der Waals surface area contributed by atoms with Gasteiger partial charge in [-0.25, -0.2) is 0 Å². The molecule has 0 aliphatic heterocycles. The number of nitrogens with zero attached hydrogens (tertiary/aromatic N) is 1. The third-order valence-corrected chi connectivity index (χ3v) is 3.81. The minimum atomic E-state index is -0.974. The van der Waals surface area contributed by atoms with Crippen molar-refractivity contribution >= 4 is 46.6 Å². The molecule has 0 saturated heterocycles. The van der Waals surface area contributed by atoms with Gasteiger partial charge in [0.15, 0.2) is 0 Å². The maximum Gasteiger partial charge on any atom is 0.254 e. The van der Waals surface area contributed by atoms with E-state index in [0.717, 1.165) is 0 Å². The van der Waals surface area contributed by atoms with E-state index in [4.69, 9.17) is 34.2 Å². The van der Waals surface area contributed by atoms with Gasteiger partial charge in [0.25, 0.3) is 5.91 Å². The molecule has 7 heteroatoms. The number of nitrogens with one attached hydrogen (secondary N) is 1. The zero-order valence-corrected chi connectivity index (χ0v) is 12.8. The van der Waals surface area contributed by atoms with Gasteiger partial charge in [-0.2, -0.15) is 17.0 Å². The molecule has 1 rings (SSSR count).